The predicted molar refractivity (Wildman–Crippen MR) is 76.4 cm³/mol. The van der Waals surface area contributed by atoms with Crippen LogP contribution >= 0.6 is 11.6 Å². The van der Waals surface area contributed by atoms with E-state index >= 15 is 0 Å². The molecule has 1 saturated heterocycles. The van der Waals surface area contributed by atoms with Gasteiger partial charge in [-0.2, -0.15) is 0 Å². The van der Waals surface area contributed by atoms with Gasteiger partial charge in [-0.1, -0.05) is 12.1 Å². The number of fused-ring (bicyclic) bond motifs is 1. The van der Waals surface area contributed by atoms with E-state index in [0.717, 1.165) is 42.8 Å². The third-order valence-corrected chi connectivity index (χ3v) is 4.07. The van der Waals surface area contributed by atoms with E-state index in [9.17, 15) is 0 Å². The highest BCUT2D eigenvalue weighted by atomic mass is 35.5. The van der Waals surface area contributed by atoms with Crippen molar-refractivity contribution in [3.63, 3.8) is 0 Å². The normalized spacial score (nSPS) is 19.9. The quantitative estimate of drug-likeness (QED) is 0.794. The Labute approximate surface area is 112 Å². The van der Waals surface area contributed by atoms with E-state index in [2.05, 4.69) is 34.7 Å². The number of nitrogens with zero attached hydrogens (tertiary/aromatic N) is 3. The molecule has 1 aliphatic rings. The van der Waals surface area contributed by atoms with Crippen molar-refractivity contribution < 1.29 is 0 Å². The van der Waals surface area contributed by atoms with Gasteiger partial charge in [-0.25, -0.2) is 4.98 Å². The third kappa shape index (κ3) is 1.97. The summed E-state index contributed by atoms with van der Waals surface area (Å²) in [5.74, 6) is 2.58. The van der Waals surface area contributed by atoms with Crippen molar-refractivity contribution in [3.8, 4) is 0 Å². The van der Waals surface area contributed by atoms with E-state index in [1.807, 2.05) is 6.07 Å². The molecule has 96 valence electrons. The molecule has 1 aromatic carbocycles. The molecule has 0 spiro atoms. The summed E-state index contributed by atoms with van der Waals surface area (Å²) in [7, 11) is 2.10. The lowest BCUT2D eigenvalue weighted by Crippen LogP contribution is -2.23. The summed E-state index contributed by atoms with van der Waals surface area (Å²) >= 11 is 5.83. The van der Waals surface area contributed by atoms with Crippen LogP contribution in [0.2, 0.25) is 0 Å². The van der Waals surface area contributed by atoms with Crippen molar-refractivity contribution in [2.24, 2.45) is 13.0 Å². The predicted octanol–water partition coefficient (Wildman–Crippen LogP) is 3.03. The molecule has 3 nitrogen and oxygen atoms in total. The number of hydrogen-bond acceptors (Lipinski definition) is 2. The maximum absolute atomic E-state index is 5.83. The second kappa shape index (κ2) is 4.81. The second-order valence-corrected chi connectivity index (χ2v) is 5.42. The van der Waals surface area contributed by atoms with Gasteiger partial charge >= 0.3 is 0 Å². The molecule has 1 atom stereocenters. The van der Waals surface area contributed by atoms with E-state index < -0.39 is 0 Å². The number of aromatic nitrogens is 2. The van der Waals surface area contributed by atoms with E-state index in [1.54, 1.807) is 0 Å². The van der Waals surface area contributed by atoms with Crippen LogP contribution in [0.25, 0.3) is 11.0 Å². The molecule has 18 heavy (non-hydrogen) atoms. The van der Waals surface area contributed by atoms with Crippen molar-refractivity contribution in [3.05, 3.63) is 24.3 Å². The Morgan fingerprint density at radius 3 is 3.00 bits per heavy atom. The number of para-hydroxylation sites is 2. The Hall–Kier alpha value is -1.22. The molecule has 0 bridgehead atoms. The zero-order chi connectivity index (χ0) is 12.5. The fraction of sp³-hybridized carbons (Fsp3) is 0.500. The highest BCUT2D eigenvalue weighted by molar-refractivity contribution is 6.17. The minimum Gasteiger partial charge on any atom is -0.342 e. The molecule has 0 aliphatic carbocycles. The molecule has 1 aliphatic heterocycles. The Bertz CT molecular complexity index is 549. The Morgan fingerprint density at radius 2 is 2.22 bits per heavy atom. The number of aryl methyl sites for hydroxylation is 1. The second-order valence-electron chi connectivity index (χ2n) is 5.04. The number of halogens is 1. The average Bonchev–Trinajstić information content (AvgIpc) is 2.96. The van der Waals surface area contributed by atoms with Gasteiger partial charge in [0.05, 0.1) is 11.0 Å². The molecular weight excluding hydrogens is 246 g/mol. The first-order valence-electron chi connectivity index (χ1n) is 6.52. The standard InChI is InChI=1S/C14H18ClN3/c1-17-13-5-3-2-4-12(13)16-14(17)18-9-7-11(10-18)6-8-15/h2-5,11H,6-10H2,1H3. The Kier molecular flexibility index (Phi) is 3.16. The van der Waals surface area contributed by atoms with Gasteiger partial charge in [-0.15, -0.1) is 11.6 Å². The van der Waals surface area contributed by atoms with Crippen molar-refractivity contribution >= 4 is 28.6 Å². The van der Waals surface area contributed by atoms with Gasteiger partial charge in [-0.05, 0) is 30.9 Å². The third-order valence-electron chi connectivity index (χ3n) is 3.85. The van der Waals surface area contributed by atoms with Gasteiger partial charge in [0.1, 0.15) is 0 Å². The molecule has 0 radical (unpaired) electrons. The SMILES string of the molecule is Cn1c(N2CCC(CCCl)C2)nc2ccccc21. The van der Waals surface area contributed by atoms with Gasteiger partial charge < -0.3 is 9.47 Å². The minimum absolute atomic E-state index is 0.724. The summed E-state index contributed by atoms with van der Waals surface area (Å²) in [5.41, 5.74) is 2.28. The number of imidazole rings is 1. The van der Waals surface area contributed by atoms with Crippen LogP contribution < -0.4 is 4.90 Å². The molecule has 2 aromatic rings. The lowest BCUT2D eigenvalue weighted by molar-refractivity contribution is 0.571. The summed E-state index contributed by atoms with van der Waals surface area (Å²) in [6.07, 6.45) is 2.35. The van der Waals surface area contributed by atoms with E-state index in [-0.39, 0.29) is 0 Å². The van der Waals surface area contributed by atoms with E-state index in [0.29, 0.717) is 0 Å². The van der Waals surface area contributed by atoms with Gasteiger partial charge in [0.15, 0.2) is 0 Å². The van der Waals surface area contributed by atoms with Crippen molar-refractivity contribution in [1.29, 1.82) is 0 Å². The fourth-order valence-electron chi connectivity index (χ4n) is 2.82. The molecule has 3 rings (SSSR count). The van der Waals surface area contributed by atoms with Crippen molar-refractivity contribution in [2.45, 2.75) is 12.8 Å². The number of alkyl halides is 1. The zero-order valence-corrected chi connectivity index (χ0v) is 11.4. The summed E-state index contributed by atoms with van der Waals surface area (Å²) in [6.45, 7) is 2.18. The molecule has 0 N–H and O–H groups in total. The molecule has 2 heterocycles. The van der Waals surface area contributed by atoms with Crippen LogP contribution in [0.4, 0.5) is 5.95 Å². The minimum atomic E-state index is 0.724. The van der Waals surface area contributed by atoms with Crippen LogP contribution in [0.15, 0.2) is 24.3 Å². The van der Waals surface area contributed by atoms with Gasteiger partial charge in [0, 0.05) is 26.0 Å². The monoisotopic (exact) mass is 263 g/mol. The van der Waals surface area contributed by atoms with E-state index in [4.69, 9.17) is 16.6 Å². The molecule has 1 aromatic heterocycles. The van der Waals surface area contributed by atoms with Crippen LogP contribution in [0, 0.1) is 5.92 Å². The number of rotatable bonds is 3. The lowest BCUT2D eigenvalue weighted by Gasteiger charge is -2.17. The number of anilines is 1. The topological polar surface area (TPSA) is 21.1 Å². The summed E-state index contributed by atoms with van der Waals surface area (Å²) in [5, 5.41) is 0. The van der Waals surface area contributed by atoms with Crippen molar-refractivity contribution in [1.82, 2.24) is 9.55 Å². The van der Waals surface area contributed by atoms with E-state index in [1.165, 1.54) is 11.9 Å². The molecule has 0 saturated carbocycles. The first-order valence-corrected chi connectivity index (χ1v) is 7.05. The number of benzene rings is 1. The molecular formula is C14H18ClN3. The maximum Gasteiger partial charge on any atom is 0.206 e. The van der Waals surface area contributed by atoms with Crippen LogP contribution in [0.3, 0.4) is 0 Å². The molecule has 1 fully saturated rings. The lowest BCUT2D eigenvalue weighted by atomic mass is 10.1. The fourth-order valence-corrected chi connectivity index (χ4v) is 3.13. The highest BCUT2D eigenvalue weighted by Crippen LogP contribution is 2.27. The largest absolute Gasteiger partial charge is 0.342 e. The average molecular weight is 264 g/mol. The van der Waals surface area contributed by atoms with Gasteiger partial charge in [0.25, 0.3) is 0 Å². The smallest absolute Gasteiger partial charge is 0.206 e. The van der Waals surface area contributed by atoms with Crippen LogP contribution in [0.1, 0.15) is 12.8 Å². The van der Waals surface area contributed by atoms with Crippen LogP contribution in [0.5, 0.6) is 0 Å². The molecule has 0 amide bonds. The zero-order valence-electron chi connectivity index (χ0n) is 10.6. The Morgan fingerprint density at radius 1 is 1.39 bits per heavy atom. The first kappa shape index (κ1) is 11.8. The number of hydrogen-bond donors (Lipinski definition) is 0. The summed E-state index contributed by atoms with van der Waals surface area (Å²) in [4.78, 5) is 7.13. The highest BCUT2D eigenvalue weighted by Gasteiger charge is 2.25. The van der Waals surface area contributed by atoms with Crippen molar-refractivity contribution in [2.75, 3.05) is 23.9 Å². The van der Waals surface area contributed by atoms with Crippen LogP contribution in [-0.2, 0) is 7.05 Å². The summed E-state index contributed by atoms with van der Waals surface area (Å²) < 4.78 is 2.19. The molecule has 4 heteroatoms. The molecule has 1 unspecified atom stereocenters. The summed E-state index contributed by atoms with van der Waals surface area (Å²) in [6, 6.07) is 8.30. The Balaban J connectivity index is 1.89. The maximum atomic E-state index is 5.83. The first-order chi connectivity index (χ1) is 8.79. The van der Waals surface area contributed by atoms with Gasteiger partial charge in [0.2, 0.25) is 5.95 Å². The van der Waals surface area contributed by atoms with Gasteiger partial charge in [-0.3, -0.25) is 0 Å². The van der Waals surface area contributed by atoms with Crippen LogP contribution in [-0.4, -0.2) is 28.5 Å².